The molecule has 1 aliphatic heterocycles. The van der Waals surface area contributed by atoms with Crippen LogP contribution in [0.5, 0.6) is 0 Å². The molecule has 0 aliphatic carbocycles. The van der Waals surface area contributed by atoms with Crippen LogP contribution in [0.4, 0.5) is 0 Å². The van der Waals surface area contributed by atoms with Gasteiger partial charge >= 0.3 is 0 Å². The molecular weight excluding hydrogens is 328 g/mol. The van der Waals surface area contributed by atoms with E-state index in [0.29, 0.717) is 6.54 Å². The lowest BCUT2D eigenvalue weighted by atomic mass is 9.92. The highest BCUT2D eigenvalue weighted by atomic mass is 16.1. The van der Waals surface area contributed by atoms with E-state index >= 15 is 0 Å². The van der Waals surface area contributed by atoms with Gasteiger partial charge < -0.3 is 0 Å². The standard InChI is InChI=1S/C19H28N6O/c1-19(2,3)17-6-7-18(26)25(22-17)14-13-23-9-11-24(12-10-23)15-16-5-4-8-20-21-16/h4-8H,9-15H2,1-3H3. The van der Waals surface area contributed by atoms with Crippen molar-refractivity contribution >= 4 is 0 Å². The van der Waals surface area contributed by atoms with E-state index in [-0.39, 0.29) is 11.0 Å². The van der Waals surface area contributed by atoms with Gasteiger partial charge in [-0.2, -0.15) is 15.3 Å². The third-order valence-electron chi connectivity index (χ3n) is 4.74. The Bertz CT molecular complexity index is 760. The maximum atomic E-state index is 12.1. The molecule has 0 radical (unpaired) electrons. The van der Waals surface area contributed by atoms with E-state index in [1.165, 1.54) is 0 Å². The monoisotopic (exact) mass is 356 g/mol. The molecule has 1 fully saturated rings. The van der Waals surface area contributed by atoms with Crippen molar-refractivity contribution in [3.63, 3.8) is 0 Å². The first-order valence-corrected chi connectivity index (χ1v) is 9.22. The molecule has 0 atom stereocenters. The van der Waals surface area contributed by atoms with Crippen LogP contribution < -0.4 is 5.56 Å². The molecule has 0 amide bonds. The Morgan fingerprint density at radius 1 is 1.00 bits per heavy atom. The van der Waals surface area contributed by atoms with E-state index in [1.807, 2.05) is 18.2 Å². The van der Waals surface area contributed by atoms with E-state index in [1.54, 1.807) is 16.9 Å². The normalized spacial score (nSPS) is 16.7. The zero-order valence-electron chi connectivity index (χ0n) is 15.9. The van der Waals surface area contributed by atoms with Crippen LogP contribution in [0.25, 0.3) is 0 Å². The maximum absolute atomic E-state index is 12.1. The molecule has 0 saturated carbocycles. The molecular formula is C19H28N6O. The van der Waals surface area contributed by atoms with Gasteiger partial charge in [0.2, 0.25) is 0 Å². The van der Waals surface area contributed by atoms with Gasteiger partial charge in [-0.15, -0.1) is 0 Å². The highest BCUT2D eigenvalue weighted by Crippen LogP contribution is 2.18. The second-order valence-corrected chi connectivity index (χ2v) is 7.86. The van der Waals surface area contributed by atoms with Gasteiger partial charge in [0.1, 0.15) is 0 Å². The molecule has 7 heteroatoms. The third kappa shape index (κ3) is 4.95. The van der Waals surface area contributed by atoms with E-state index in [0.717, 1.165) is 50.7 Å². The molecule has 2 aromatic rings. The van der Waals surface area contributed by atoms with Crippen molar-refractivity contribution < 1.29 is 0 Å². The molecule has 2 aromatic heterocycles. The second-order valence-electron chi connectivity index (χ2n) is 7.86. The predicted molar refractivity (Wildman–Crippen MR) is 101 cm³/mol. The fourth-order valence-corrected chi connectivity index (χ4v) is 3.06. The summed E-state index contributed by atoms with van der Waals surface area (Å²) in [5, 5.41) is 12.6. The minimum Gasteiger partial charge on any atom is -0.299 e. The third-order valence-corrected chi connectivity index (χ3v) is 4.74. The zero-order valence-corrected chi connectivity index (χ0v) is 15.9. The van der Waals surface area contributed by atoms with E-state index in [4.69, 9.17) is 0 Å². The highest BCUT2D eigenvalue weighted by molar-refractivity contribution is 5.10. The van der Waals surface area contributed by atoms with Crippen LogP contribution in [-0.2, 0) is 18.5 Å². The van der Waals surface area contributed by atoms with Crippen molar-refractivity contribution in [1.29, 1.82) is 0 Å². The highest BCUT2D eigenvalue weighted by Gasteiger charge is 2.19. The van der Waals surface area contributed by atoms with Gasteiger partial charge in [-0.05, 0) is 18.2 Å². The van der Waals surface area contributed by atoms with Crippen LogP contribution in [0.3, 0.4) is 0 Å². The fraction of sp³-hybridized carbons (Fsp3) is 0.579. The number of hydrogen-bond acceptors (Lipinski definition) is 6. The number of aromatic nitrogens is 4. The second kappa shape index (κ2) is 8.05. The summed E-state index contributed by atoms with van der Waals surface area (Å²) in [6.07, 6.45) is 1.70. The minimum atomic E-state index is -0.0542. The molecule has 3 rings (SSSR count). The Morgan fingerprint density at radius 2 is 1.73 bits per heavy atom. The molecule has 3 heterocycles. The molecule has 7 nitrogen and oxygen atoms in total. The smallest absolute Gasteiger partial charge is 0.266 e. The Hall–Kier alpha value is -2.12. The molecule has 0 unspecified atom stereocenters. The SMILES string of the molecule is CC(C)(C)c1ccc(=O)n(CCN2CCN(Cc3cccnn3)CC2)n1. The molecule has 0 N–H and O–H groups in total. The van der Waals surface area contributed by atoms with Crippen molar-refractivity contribution in [3.8, 4) is 0 Å². The Labute approximate surface area is 154 Å². The molecule has 26 heavy (non-hydrogen) atoms. The average Bonchev–Trinajstić information content (AvgIpc) is 2.62. The quantitative estimate of drug-likeness (QED) is 0.801. The lowest BCUT2D eigenvalue weighted by Crippen LogP contribution is -2.47. The number of nitrogens with zero attached hydrogens (tertiary/aromatic N) is 6. The summed E-state index contributed by atoms with van der Waals surface area (Å²) in [7, 11) is 0. The Kier molecular flexibility index (Phi) is 5.78. The van der Waals surface area contributed by atoms with Crippen molar-refractivity contribution in [2.45, 2.75) is 39.3 Å². The van der Waals surface area contributed by atoms with Gasteiger partial charge in [0.15, 0.2) is 0 Å². The molecule has 140 valence electrons. The zero-order chi connectivity index (χ0) is 18.6. The first-order valence-electron chi connectivity index (χ1n) is 9.22. The van der Waals surface area contributed by atoms with Crippen LogP contribution in [0, 0.1) is 0 Å². The van der Waals surface area contributed by atoms with Crippen LogP contribution >= 0.6 is 0 Å². The van der Waals surface area contributed by atoms with E-state index in [2.05, 4.69) is 45.9 Å². The number of hydrogen-bond donors (Lipinski definition) is 0. The molecule has 0 bridgehead atoms. The summed E-state index contributed by atoms with van der Waals surface area (Å²) < 4.78 is 1.60. The van der Waals surface area contributed by atoms with E-state index < -0.39 is 0 Å². The fourth-order valence-electron chi connectivity index (χ4n) is 3.06. The van der Waals surface area contributed by atoms with Crippen LogP contribution in [0.2, 0.25) is 0 Å². The lowest BCUT2D eigenvalue weighted by Gasteiger charge is -2.34. The van der Waals surface area contributed by atoms with Crippen molar-refractivity contribution in [3.05, 3.63) is 52.2 Å². The molecule has 0 spiro atoms. The van der Waals surface area contributed by atoms with Gasteiger partial charge in [-0.3, -0.25) is 14.6 Å². The average molecular weight is 356 g/mol. The van der Waals surface area contributed by atoms with Gasteiger partial charge in [0, 0.05) is 56.9 Å². The van der Waals surface area contributed by atoms with Gasteiger partial charge in [0.25, 0.3) is 5.56 Å². The van der Waals surface area contributed by atoms with E-state index in [9.17, 15) is 4.79 Å². The van der Waals surface area contributed by atoms with Crippen LogP contribution in [-0.4, -0.2) is 62.5 Å². The van der Waals surface area contributed by atoms with Crippen molar-refractivity contribution in [2.75, 3.05) is 32.7 Å². The maximum Gasteiger partial charge on any atom is 0.266 e. The number of piperazine rings is 1. The predicted octanol–water partition coefficient (Wildman–Crippen LogP) is 1.15. The van der Waals surface area contributed by atoms with Gasteiger partial charge in [-0.25, -0.2) is 4.68 Å². The summed E-state index contributed by atoms with van der Waals surface area (Å²) in [6, 6.07) is 7.41. The summed E-state index contributed by atoms with van der Waals surface area (Å²) >= 11 is 0. The summed E-state index contributed by atoms with van der Waals surface area (Å²) in [5.41, 5.74) is 1.88. The topological polar surface area (TPSA) is 67.2 Å². The summed E-state index contributed by atoms with van der Waals surface area (Å²) in [5.74, 6) is 0. The first kappa shape index (κ1) is 18.7. The first-order chi connectivity index (χ1) is 12.4. The summed E-state index contributed by atoms with van der Waals surface area (Å²) in [4.78, 5) is 16.9. The van der Waals surface area contributed by atoms with Gasteiger partial charge in [0.05, 0.1) is 17.9 Å². The molecule has 1 saturated heterocycles. The summed E-state index contributed by atoms with van der Waals surface area (Å²) in [6.45, 7) is 12.6. The number of rotatable bonds is 5. The molecule has 0 aromatic carbocycles. The molecule has 1 aliphatic rings. The lowest BCUT2D eigenvalue weighted by molar-refractivity contribution is 0.121. The minimum absolute atomic E-state index is 0.0284. The largest absolute Gasteiger partial charge is 0.299 e. The Morgan fingerprint density at radius 3 is 2.38 bits per heavy atom. The Balaban J connectivity index is 1.50. The van der Waals surface area contributed by atoms with Gasteiger partial charge in [-0.1, -0.05) is 20.8 Å². The van der Waals surface area contributed by atoms with Crippen LogP contribution in [0.15, 0.2) is 35.3 Å². The van der Waals surface area contributed by atoms with Crippen molar-refractivity contribution in [1.82, 2.24) is 29.8 Å². The van der Waals surface area contributed by atoms with Crippen LogP contribution in [0.1, 0.15) is 32.2 Å². The van der Waals surface area contributed by atoms with Crippen molar-refractivity contribution in [2.24, 2.45) is 0 Å².